The molecule has 2 aromatic carbocycles. The van der Waals surface area contributed by atoms with Gasteiger partial charge >= 0.3 is 5.97 Å². The summed E-state index contributed by atoms with van der Waals surface area (Å²) in [6.45, 7) is 3.00. The molecule has 2 N–H and O–H groups in total. The lowest BCUT2D eigenvalue weighted by Gasteiger charge is -2.13. The van der Waals surface area contributed by atoms with E-state index in [1.54, 1.807) is 13.1 Å². The van der Waals surface area contributed by atoms with E-state index in [1.165, 1.54) is 0 Å². The molecule has 158 valence electrons. The second kappa shape index (κ2) is 9.45. The molecule has 2 aromatic heterocycles. The number of benzene rings is 2. The van der Waals surface area contributed by atoms with Gasteiger partial charge in [0.1, 0.15) is 18.0 Å². The summed E-state index contributed by atoms with van der Waals surface area (Å²) in [5.41, 5.74) is 11.6. The summed E-state index contributed by atoms with van der Waals surface area (Å²) < 4.78 is 13.2. The fourth-order valence-electron chi connectivity index (χ4n) is 3.57. The maximum absolute atomic E-state index is 11.9. The molecule has 0 aliphatic heterocycles. The smallest absolute Gasteiger partial charge is 0.310 e. The van der Waals surface area contributed by atoms with E-state index < -0.39 is 0 Å². The van der Waals surface area contributed by atoms with E-state index in [2.05, 4.69) is 23.2 Å². The number of aromatic nitrogens is 2. The molecule has 0 radical (unpaired) electrons. The number of ether oxygens (including phenoxy) is 2. The Morgan fingerprint density at radius 2 is 1.97 bits per heavy atom. The fourth-order valence-corrected chi connectivity index (χ4v) is 3.57. The predicted molar refractivity (Wildman–Crippen MR) is 120 cm³/mol. The molecule has 0 saturated carbocycles. The lowest BCUT2D eigenvalue weighted by atomic mass is 10.0. The third kappa shape index (κ3) is 4.75. The molecule has 4 aromatic rings. The van der Waals surface area contributed by atoms with Gasteiger partial charge < -0.3 is 19.6 Å². The first kappa shape index (κ1) is 20.6. The number of hydrogen-bond donors (Lipinski definition) is 1. The summed E-state index contributed by atoms with van der Waals surface area (Å²) >= 11 is 0. The zero-order chi connectivity index (χ0) is 21.6. The topological polar surface area (TPSA) is 78.8 Å². The van der Waals surface area contributed by atoms with Crippen LogP contribution in [0.4, 0.5) is 0 Å². The summed E-state index contributed by atoms with van der Waals surface area (Å²) in [5, 5.41) is 0. The zero-order valence-electron chi connectivity index (χ0n) is 17.5. The van der Waals surface area contributed by atoms with E-state index in [1.807, 2.05) is 53.2 Å². The minimum Gasteiger partial charge on any atom is -0.489 e. The van der Waals surface area contributed by atoms with Crippen molar-refractivity contribution in [1.29, 1.82) is 0 Å². The predicted octanol–water partition coefficient (Wildman–Crippen LogP) is 4.14. The molecule has 0 saturated heterocycles. The van der Waals surface area contributed by atoms with Crippen LogP contribution in [0.3, 0.4) is 0 Å². The fraction of sp³-hybridized carbons (Fsp3) is 0.200. The van der Waals surface area contributed by atoms with Gasteiger partial charge in [-0.1, -0.05) is 36.4 Å². The third-order valence-electron chi connectivity index (χ3n) is 5.02. The summed E-state index contributed by atoms with van der Waals surface area (Å²) in [4.78, 5) is 16.4. The number of para-hydroxylation sites is 1. The molecule has 0 aliphatic carbocycles. The molecule has 0 fully saturated rings. The highest BCUT2D eigenvalue weighted by molar-refractivity contribution is 5.78. The maximum atomic E-state index is 11.9. The average molecular weight is 415 g/mol. The van der Waals surface area contributed by atoms with Crippen LogP contribution >= 0.6 is 0 Å². The van der Waals surface area contributed by atoms with Crippen molar-refractivity contribution >= 4 is 11.6 Å². The number of rotatable bonds is 8. The maximum Gasteiger partial charge on any atom is 0.310 e. The Morgan fingerprint density at radius 1 is 1.10 bits per heavy atom. The van der Waals surface area contributed by atoms with E-state index >= 15 is 0 Å². The molecule has 2 heterocycles. The number of carbonyl (C=O) groups is 1. The van der Waals surface area contributed by atoms with Crippen molar-refractivity contribution in [2.45, 2.75) is 26.5 Å². The molecule has 6 heteroatoms. The number of nitrogens with zero attached hydrogens (tertiary/aromatic N) is 2. The zero-order valence-corrected chi connectivity index (χ0v) is 17.5. The van der Waals surface area contributed by atoms with Crippen molar-refractivity contribution in [1.82, 2.24) is 9.38 Å². The van der Waals surface area contributed by atoms with Crippen molar-refractivity contribution in [2.75, 3.05) is 6.61 Å². The Bertz CT molecular complexity index is 1200. The van der Waals surface area contributed by atoms with Crippen molar-refractivity contribution in [2.24, 2.45) is 5.73 Å². The third-order valence-corrected chi connectivity index (χ3v) is 5.02. The van der Waals surface area contributed by atoms with Crippen LogP contribution in [-0.2, 0) is 29.1 Å². The second-order valence-electron chi connectivity index (χ2n) is 7.20. The second-order valence-corrected chi connectivity index (χ2v) is 7.20. The van der Waals surface area contributed by atoms with Gasteiger partial charge in [0.2, 0.25) is 0 Å². The molecule has 0 spiro atoms. The number of pyridine rings is 1. The molecule has 6 nitrogen and oxygen atoms in total. The van der Waals surface area contributed by atoms with Crippen molar-refractivity contribution in [3.05, 3.63) is 89.9 Å². The van der Waals surface area contributed by atoms with Crippen LogP contribution in [0.2, 0.25) is 0 Å². The summed E-state index contributed by atoms with van der Waals surface area (Å²) in [7, 11) is 0. The summed E-state index contributed by atoms with van der Waals surface area (Å²) in [5.74, 6) is 0.411. The van der Waals surface area contributed by atoms with Crippen LogP contribution in [0, 0.1) is 0 Å². The van der Waals surface area contributed by atoms with Gasteiger partial charge in [0.05, 0.1) is 13.0 Å². The summed E-state index contributed by atoms with van der Waals surface area (Å²) in [6, 6.07) is 17.8. The molecule has 31 heavy (non-hydrogen) atoms. The van der Waals surface area contributed by atoms with E-state index in [9.17, 15) is 4.79 Å². The highest BCUT2D eigenvalue weighted by atomic mass is 16.5. The number of esters is 1. The van der Waals surface area contributed by atoms with E-state index in [4.69, 9.17) is 15.2 Å². The van der Waals surface area contributed by atoms with Crippen molar-refractivity contribution in [3.8, 4) is 16.9 Å². The Morgan fingerprint density at radius 3 is 2.81 bits per heavy atom. The lowest BCUT2D eigenvalue weighted by Crippen LogP contribution is -2.09. The summed E-state index contributed by atoms with van der Waals surface area (Å²) in [6.07, 6.45) is 5.89. The highest BCUT2D eigenvalue weighted by Gasteiger charge is 2.12. The number of fused-ring (bicyclic) bond motifs is 1. The van der Waals surface area contributed by atoms with E-state index in [-0.39, 0.29) is 12.4 Å². The molecular weight excluding hydrogens is 390 g/mol. The monoisotopic (exact) mass is 415 g/mol. The minimum atomic E-state index is -0.263. The van der Waals surface area contributed by atoms with Crippen LogP contribution in [0.25, 0.3) is 16.8 Å². The van der Waals surface area contributed by atoms with E-state index in [0.717, 1.165) is 33.5 Å². The van der Waals surface area contributed by atoms with E-state index in [0.29, 0.717) is 25.5 Å². The van der Waals surface area contributed by atoms with Crippen molar-refractivity contribution in [3.63, 3.8) is 0 Å². The van der Waals surface area contributed by atoms with Crippen molar-refractivity contribution < 1.29 is 14.3 Å². The SMILES string of the molecule is CCOC(=O)Cc1ccccc1OCc1cc(-c2cccc(CN)c2)c2nccn2c1. The molecule has 0 unspecified atom stereocenters. The Hall–Kier alpha value is -3.64. The van der Waals surface area contributed by atoms with Crippen LogP contribution in [0.1, 0.15) is 23.6 Å². The van der Waals surface area contributed by atoms with Gasteiger partial charge in [-0.25, -0.2) is 4.98 Å². The van der Waals surface area contributed by atoms with Gasteiger partial charge in [-0.3, -0.25) is 4.79 Å². The number of carbonyl (C=O) groups excluding carboxylic acids is 1. The van der Waals surface area contributed by atoms with Gasteiger partial charge in [0.15, 0.2) is 0 Å². The van der Waals surface area contributed by atoms with Gasteiger partial charge in [0, 0.05) is 41.8 Å². The number of nitrogens with two attached hydrogens (primary N) is 1. The largest absolute Gasteiger partial charge is 0.489 e. The lowest BCUT2D eigenvalue weighted by molar-refractivity contribution is -0.142. The molecule has 0 aliphatic rings. The standard InChI is InChI=1S/C25H25N3O3/c1-2-30-24(29)14-21-7-3-4-9-23(21)31-17-19-13-22(25-27-10-11-28(25)16-19)20-8-5-6-18(12-20)15-26/h3-13,16H,2,14-15,17,26H2,1H3. The average Bonchev–Trinajstić information content (AvgIpc) is 3.27. The van der Waals surface area contributed by atoms with Crippen LogP contribution in [0.15, 0.2) is 73.2 Å². The highest BCUT2D eigenvalue weighted by Crippen LogP contribution is 2.27. The first-order chi connectivity index (χ1) is 15.2. The quantitative estimate of drug-likeness (QED) is 0.438. The van der Waals surface area contributed by atoms with Gasteiger partial charge in [-0.05, 0) is 36.2 Å². The normalized spacial score (nSPS) is 10.9. The molecule has 4 rings (SSSR count). The Balaban J connectivity index is 1.61. The first-order valence-electron chi connectivity index (χ1n) is 10.3. The van der Waals surface area contributed by atoms with Gasteiger partial charge in [0.25, 0.3) is 0 Å². The molecule has 0 atom stereocenters. The van der Waals surface area contributed by atoms with Crippen LogP contribution in [0.5, 0.6) is 5.75 Å². The van der Waals surface area contributed by atoms with Gasteiger partial charge in [-0.15, -0.1) is 0 Å². The molecule has 0 amide bonds. The van der Waals surface area contributed by atoms with Crippen LogP contribution < -0.4 is 10.5 Å². The van der Waals surface area contributed by atoms with Crippen LogP contribution in [-0.4, -0.2) is 22.0 Å². The Kier molecular flexibility index (Phi) is 6.29. The number of imidazole rings is 1. The molecule has 0 bridgehead atoms. The Labute approximate surface area is 181 Å². The van der Waals surface area contributed by atoms with Gasteiger partial charge in [-0.2, -0.15) is 0 Å². The molecular formula is C25H25N3O3. The number of hydrogen-bond acceptors (Lipinski definition) is 5. The first-order valence-corrected chi connectivity index (χ1v) is 10.3. The minimum absolute atomic E-state index is 0.182.